The molecular formula is C26H26F3N3O2S. The maximum atomic E-state index is 13.3. The first-order valence-corrected chi connectivity index (χ1v) is 12.3. The van der Waals surface area contributed by atoms with Gasteiger partial charge >= 0.3 is 6.18 Å². The highest BCUT2D eigenvalue weighted by Crippen LogP contribution is 2.34. The molecule has 1 N–H and O–H groups in total. The lowest BCUT2D eigenvalue weighted by atomic mass is 9.94. The summed E-state index contributed by atoms with van der Waals surface area (Å²) in [5.74, 6) is -0.153. The molecule has 0 saturated carbocycles. The second-order valence-electron chi connectivity index (χ2n) is 8.89. The van der Waals surface area contributed by atoms with Gasteiger partial charge in [-0.05, 0) is 56.0 Å². The SMILES string of the molecule is CC(C)NC(=O)c1csc(C2CCN(C(=O)c3ccccc3-c3ccc(C(F)(F)F)cc3)CC2)n1. The Morgan fingerprint density at radius 3 is 2.34 bits per heavy atom. The van der Waals surface area contributed by atoms with Crippen LogP contribution in [-0.2, 0) is 6.18 Å². The van der Waals surface area contributed by atoms with Gasteiger partial charge in [0.2, 0.25) is 0 Å². The largest absolute Gasteiger partial charge is 0.416 e. The van der Waals surface area contributed by atoms with Crippen molar-refractivity contribution < 1.29 is 22.8 Å². The van der Waals surface area contributed by atoms with E-state index in [1.165, 1.54) is 23.5 Å². The van der Waals surface area contributed by atoms with Crippen LogP contribution >= 0.6 is 11.3 Å². The molecule has 9 heteroatoms. The lowest BCUT2D eigenvalue weighted by molar-refractivity contribution is -0.137. The van der Waals surface area contributed by atoms with Gasteiger partial charge in [-0.25, -0.2) is 4.98 Å². The van der Waals surface area contributed by atoms with Gasteiger partial charge in [-0.3, -0.25) is 9.59 Å². The number of aromatic nitrogens is 1. The van der Waals surface area contributed by atoms with Crippen LogP contribution in [0.1, 0.15) is 64.0 Å². The molecule has 5 nitrogen and oxygen atoms in total. The van der Waals surface area contributed by atoms with Crippen molar-refractivity contribution in [2.75, 3.05) is 13.1 Å². The number of benzene rings is 2. The summed E-state index contributed by atoms with van der Waals surface area (Å²) in [6, 6.07) is 11.9. The molecule has 0 spiro atoms. The average molecular weight is 502 g/mol. The molecule has 1 aliphatic rings. The summed E-state index contributed by atoms with van der Waals surface area (Å²) < 4.78 is 38.8. The number of alkyl halides is 3. The molecule has 2 amide bonds. The zero-order valence-corrected chi connectivity index (χ0v) is 20.2. The molecule has 1 aliphatic heterocycles. The molecule has 0 unspecified atom stereocenters. The van der Waals surface area contributed by atoms with E-state index in [2.05, 4.69) is 10.3 Å². The van der Waals surface area contributed by atoms with Gasteiger partial charge in [0.25, 0.3) is 11.8 Å². The van der Waals surface area contributed by atoms with Crippen molar-refractivity contribution in [1.29, 1.82) is 0 Å². The van der Waals surface area contributed by atoms with E-state index in [0.717, 1.165) is 30.0 Å². The van der Waals surface area contributed by atoms with E-state index < -0.39 is 11.7 Å². The number of carbonyl (C=O) groups excluding carboxylic acids is 2. The van der Waals surface area contributed by atoms with Crippen LogP contribution in [0.5, 0.6) is 0 Å². The molecule has 1 saturated heterocycles. The summed E-state index contributed by atoms with van der Waals surface area (Å²) >= 11 is 1.46. The minimum Gasteiger partial charge on any atom is -0.349 e. The molecular weight excluding hydrogens is 475 g/mol. The lowest BCUT2D eigenvalue weighted by Crippen LogP contribution is -2.38. The third-order valence-corrected chi connectivity index (χ3v) is 6.99. The maximum absolute atomic E-state index is 13.3. The molecule has 3 aromatic rings. The van der Waals surface area contributed by atoms with Crippen LogP contribution in [0.3, 0.4) is 0 Å². The number of thiazole rings is 1. The molecule has 2 heterocycles. The normalized spacial score (nSPS) is 14.9. The van der Waals surface area contributed by atoms with E-state index in [4.69, 9.17) is 0 Å². The molecule has 184 valence electrons. The summed E-state index contributed by atoms with van der Waals surface area (Å²) in [5, 5.41) is 5.51. The Kier molecular flexibility index (Phi) is 7.25. The summed E-state index contributed by atoms with van der Waals surface area (Å²) in [6.07, 6.45) is -2.95. The highest BCUT2D eigenvalue weighted by molar-refractivity contribution is 7.09. The Bertz CT molecular complexity index is 1200. The molecule has 0 aliphatic carbocycles. The number of carbonyl (C=O) groups is 2. The molecule has 2 aromatic carbocycles. The number of nitrogens with one attached hydrogen (secondary N) is 1. The summed E-state index contributed by atoms with van der Waals surface area (Å²) in [5.41, 5.74) is 1.33. The Morgan fingerprint density at radius 2 is 1.71 bits per heavy atom. The fourth-order valence-corrected chi connectivity index (χ4v) is 5.15. The van der Waals surface area contributed by atoms with Crippen LogP contribution in [0.25, 0.3) is 11.1 Å². The Morgan fingerprint density at radius 1 is 1.06 bits per heavy atom. The van der Waals surface area contributed by atoms with E-state index in [1.807, 2.05) is 13.8 Å². The summed E-state index contributed by atoms with van der Waals surface area (Å²) in [6.45, 7) is 4.87. The summed E-state index contributed by atoms with van der Waals surface area (Å²) in [4.78, 5) is 31.8. The topological polar surface area (TPSA) is 62.3 Å². The second kappa shape index (κ2) is 10.2. The van der Waals surface area contributed by atoms with Gasteiger partial charge in [0.15, 0.2) is 0 Å². The minimum atomic E-state index is -4.41. The van der Waals surface area contributed by atoms with Gasteiger partial charge in [0.05, 0.1) is 10.6 Å². The van der Waals surface area contributed by atoms with Crippen molar-refractivity contribution in [3.63, 3.8) is 0 Å². The number of rotatable bonds is 5. The van der Waals surface area contributed by atoms with Gasteiger partial charge in [-0.15, -0.1) is 11.3 Å². The number of piperidine rings is 1. The minimum absolute atomic E-state index is 0.0346. The van der Waals surface area contributed by atoms with Crippen molar-refractivity contribution in [1.82, 2.24) is 15.2 Å². The van der Waals surface area contributed by atoms with E-state index in [9.17, 15) is 22.8 Å². The highest BCUT2D eigenvalue weighted by atomic mass is 32.1. The zero-order valence-electron chi connectivity index (χ0n) is 19.4. The molecule has 4 rings (SSSR count). The zero-order chi connectivity index (χ0) is 25.2. The van der Waals surface area contributed by atoms with Gasteiger partial charge in [0, 0.05) is 36.0 Å². The van der Waals surface area contributed by atoms with Gasteiger partial charge in [-0.1, -0.05) is 30.3 Å². The number of hydrogen-bond donors (Lipinski definition) is 1. The van der Waals surface area contributed by atoms with Crippen molar-refractivity contribution in [3.8, 4) is 11.1 Å². The molecule has 0 radical (unpaired) electrons. The van der Waals surface area contributed by atoms with Crippen molar-refractivity contribution in [2.24, 2.45) is 0 Å². The molecule has 35 heavy (non-hydrogen) atoms. The average Bonchev–Trinajstić information content (AvgIpc) is 3.33. The lowest BCUT2D eigenvalue weighted by Gasteiger charge is -2.31. The number of likely N-dealkylation sites (tertiary alicyclic amines) is 1. The Balaban J connectivity index is 1.44. The molecule has 0 bridgehead atoms. The van der Waals surface area contributed by atoms with Crippen LogP contribution in [0.4, 0.5) is 13.2 Å². The van der Waals surface area contributed by atoms with E-state index in [1.54, 1.807) is 34.5 Å². The fraction of sp³-hybridized carbons (Fsp3) is 0.346. The third kappa shape index (κ3) is 5.73. The second-order valence-corrected chi connectivity index (χ2v) is 9.78. The Labute approximate surface area is 206 Å². The van der Waals surface area contributed by atoms with Crippen LogP contribution in [-0.4, -0.2) is 40.8 Å². The predicted octanol–water partition coefficient (Wildman–Crippen LogP) is 5.99. The first-order chi connectivity index (χ1) is 16.6. The van der Waals surface area contributed by atoms with Crippen LogP contribution in [0.15, 0.2) is 53.9 Å². The fourth-order valence-electron chi connectivity index (χ4n) is 4.18. The number of halogens is 3. The monoisotopic (exact) mass is 501 g/mol. The van der Waals surface area contributed by atoms with Crippen LogP contribution < -0.4 is 5.32 Å². The third-order valence-electron chi connectivity index (χ3n) is 5.99. The Hall–Kier alpha value is -3.20. The predicted molar refractivity (Wildman–Crippen MR) is 129 cm³/mol. The highest BCUT2D eigenvalue weighted by Gasteiger charge is 2.31. The van der Waals surface area contributed by atoms with Crippen molar-refractivity contribution in [3.05, 3.63) is 75.7 Å². The molecule has 1 fully saturated rings. The smallest absolute Gasteiger partial charge is 0.349 e. The van der Waals surface area contributed by atoms with Gasteiger partial charge in [0.1, 0.15) is 5.69 Å². The number of amides is 2. The number of nitrogens with zero attached hydrogens (tertiary/aromatic N) is 2. The maximum Gasteiger partial charge on any atom is 0.416 e. The van der Waals surface area contributed by atoms with Crippen molar-refractivity contribution in [2.45, 2.75) is 44.8 Å². The first-order valence-electron chi connectivity index (χ1n) is 11.5. The quantitative estimate of drug-likeness (QED) is 0.467. The number of hydrogen-bond acceptors (Lipinski definition) is 4. The van der Waals surface area contributed by atoms with E-state index >= 15 is 0 Å². The molecule has 0 atom stereocenters. The van der Waals surface area contributed by atoms with Crippen LogP contribution in [0, 0.1) is 0 Å². The molecule has 1 aromatic heterocycles. The van der Waals surface area contributed by atoms with Crippen LogP contribution in [0.2, 0.25) is 0 Å². The standard InChI is InChI=1S/C26H26F3N3O2S/c1-16(2)30-23(33)22-15-35-24(31-22)18-11-13-32(14-12-18)25(34)21-6-4-3-5-20(21)17-7-9-19(10-8-17)26(27,28)29/h3-10,15-16,18H,11-14H2,1-2H3,(H,30,33). The first kappa shape index (κ1) is 24.9. The van der Waals surface area contributed by atoms with E-state index in [-0.39, 0.29) is 23.8 Å². The van der Waals surface area contributed by atoms with Gasteiger partial charge in [-0.2, -0.15) is 13.2 Å². The van der Waals surface area contributed by atoms with Crippen molar-refractivity contribution >= 4 is 23.2 Å². The van der Waals surface area contributed by atoms with Gasteiger partial charge < -0.3 is 10.2 Å². The summed E-state index contributed by atoms with van der Waals surface area (Å²) in [7, 11) is 0. The van der Waals surface area contributed by atoms with E-state index in [0.29, 0.717) is 35.5 Å².